The Balaban J connectivity index is 2.12. The van der Waals surface area contributed by atoms with Crippen LogP contribution in [0.1, 0.15) is 10.5 Å². The van der Waals surface area contributed by atoms with Gasteiger partial charge in [0.1, 0.15) is 5.69 Å². The zero-order chi connectivity index (χ0) is 14.7. The van der Waals surface area contributed by atoms with Gasteiger partial charge < -0.3 is 19.5 Å². The lowest BCUT2D eigenvalue weighted by Gasteiger charge is -2.32. The van der Waals surface area contributed by atoms with Gasteiger partial charge in [0, 0.05) is 32.7 Å². The Morgan fingerprint density at radius 2 is 2.40 bits per heavy atom. The number of ether oxygens (including phenoxy) is 1. The Kier molecular flexibility index (Phi) is 4.35. The lowest BCUT2D eigenvalue weighted by atomic mass is 10.2. The molecule has 8 heteroatoms. The van der Waals surface area contributed by atoms with E-state index >= 15 is 0 Å². The van der Waals surface area contributed by atoms with Gasteiger partial charge in [0.15, 0.2) is 0 Å². The van der Waals surface area contributed by atoms with Gasteiger partial charge >= 0.3 is 0 Å². The molecule has 0 radical (unpaired) electrons. The molecule has 1 aromatic heterocycles. The van der Waals surface area contributed by atoms with Crippen molar-refractivity contribution in [3.05, 3.63) is 28.1 Å². The Bertz CT molecular complexity index is 512. The van der Waals surface area contributed by atoms with E-state index in [2.05, 4.69) is 5.32 Å². The summed E-state index contributed by atoms with van der Waals surface area (Å²) in [5, 5.41) is 13.8. The maximum atomic E-state index is 12.4. The first kappa shape index (κ1) is 14.5. The van der Waals surface area contributed by atoms with Crippen molar-refractivity contribution in [2.24, 2.45) is 7.05 Å². The van der Waals surface area contributed by atoms with Crippen molar-refractivity contribution in [3.63, 3.8) is 0 Å². The number of carbonyl (C=O) groups is 1. The first-order valence-corrected chi connectivity index (χ1v) is 6.39. The number of likely N-dealkylation sites (N-methyl/N-ethyl adjacent to an activating group) is 1. The summed E-state index contributed by atoms with van der Waals surface area (Å²) < 4.78 is 7.03. The molecule has 8 nitrogen and oxygen atoms in total. The molecule has 1 aliphatic heterocycles. The highest BCUT2D eigenvalue weighted by Gasteiger charge is 2.27. The number of aromatic nitrogens is 1. The second-order valence-corrected chi connectivity index (χ2v) is 4.75. The van der Waals surface area contributed by atoms with E-state index in [0.717, 1.165) is 0 Å². The van der Waals surface area contributed by atoms with E-state index in [-0.39, 0.29) is 17.7 Å². The number of rotatable bonds is 4. The lowest BCUT2D eigenvalue weighted by Crippen LogP contribution is -2.48. The Morgan fingerprint density at radius 3 is 3.00 bits per heavy atom. The maximum absolute atomic E-state index is 12.4. The van der Waals surface area contributed by atoms with Gasteiger partial charge in [0.05, 0.1) is 23.8 Å². The third kappa shape index (κ3) is 2.97. The highest BCUT2D eigenvalue weighted by atomic mass is 16.6. The monoisotopic (exact) mass is 282 g/mol. The Hall–Kier alpha value is -1.93. The summed E-state index contributed by atoms with van der Waals surface area (Å²) in [6.45, 7) is 2.12. The summed E-state index contributed by atoms with van der Waals surface area (Å²) in [4.78, 5) is 24.3. The third-order valence-electron chi connectivity index (χ3n) is 3.28. The summed E-state index contributed by atoms with van der Waals surface area (Å²) in [6.07, 6.45) is 1.30. The zero-order valence-corrected chi connectivity index (χ0v) is 11.5. The molecule has 0 aliphatic carbocycles. The molecule has 1 saturated heterocycles. The number of hydrogen-bond acceptors (Lipinski definition) is 5. The second kappa shape index (κ2) is 6.02. The van der Waals surface area contributed by atoms with Gasteiger partial charge in [-0.1, -0.05) is 0 Å². The molecule has 1 aliphatic rings. The third-order valence-corrected chi connectivity index (χ3v) is 3.28. The number of nitrogens with one attached hydrogen (secondary N) is 1. The van der Waals surface area contributed by atoms with Gasteiger partial charge in [-0.25, -0.2) is 0 Å². The average molecular weight is 282 g/mol. The van der Waals surface area contributed by atoms with Crippen LogP contribution < -0.4 is 5.32 Å². The van der Waals surface area contributed by atoms with E-state index in [4.69, 9.17) is 4.74 Å². The van der Waals surface area contributed by atoms with Gasteiger partial charge in [0.2, 0.25) is 0 Å². The molecule has 0 saturated carbocycles. The second-order valence-electron chi connectivity index (χ2n) is 4.75. The fourth-order valence-electron chi connectivity index (χ4n) is 2.28. The fourth-order valence-corrected chi connectivity index (χ4v) is 2.28. The van der Waals surface area contributed by atoms with Crippen molar-refractivity contribution < 1.29 is 14.5 Å². The zero-order valence-electron chi connectivity index (χ0n) is 11.5. The summed E-state index contributed by atoms with van der Waals surface area (Å²) in [6, 6.07) is 1.31. The summed E-state index contributed by atoms with van der Waals surface area (Å²) in [7, 11) is 3.45. The van der Waals surface area contributed by atoms with Gasteiger partial charge in [-0.15, -0.1) is 0 Å². The first-order chi connectivity index (χ1) is 9.52. The quantitative estimate of drug-likeness (QED) is 0.620. The predicted octanol–water partition coefficient (Wildman–Crippen LogP) is -0.00630. The van der Waals surface area contributed by atoms with Crippen LogP contribution >= 0.6 is 0 Å². The lowest BCUT2D eigenvalue weighted by molar-refractivity contribution is -0.384. The minimum absolute atomic E-state index is 0.0482. The molecule has 20 heavy (non-hydrogen) atoms. The van der Waals surface area contributed by atoms with E-state index in [9.17, 15) is 14.9 Å². The smallest absolute Gasteiger partial charge is 0.287 e. The molecule has 2 heterocycles. The highest BCUT2D eigenvalue weighted by molar-refractivity contribution is 5.93. The van der Waals surface area contributed by atoms with Gasteiger partial charge in [0.25, 0.3) is 11.6 Å². The van der Waals surface area contributed by atoms with Crippen molar-refractivity contribution in [1.82, 2.24) is 14.8 Å². The number of nitro groups is 1. The van der Waals surface area contributed by atoms with Crippen LogP contribution in [-0.2, 0) is 11.8 Å². The first-order valence-electron chi connectivity index (χ1n) is 6.39. The SMILES string of the molecule is CNCC1CN(C(=O)c2cc([N+](=O)[O-])cn2C)CCO1. The number of amides is 1. The number of hydrogen-bond donors (Lipinski definition) is 1. The molecule has 0 spiro atoms. The molecule has 1 unspecified atom stereocenters. The van der Waals surface area contributed by atoms with Crippen LogP contribution in [0.2, 0.25) is 0 Å². The van der Waals surface area contributed by atoms with E-state index in [1.807, 2.05) is 7.05 Å². The molecule has 1 N–H and O–H groups in total. The van der Waals surface area contributed by atoms with E-state index < -0.39 is 4.92 Å². The Labute approximate surface area is 116 Å². The number of morpholine rings is 1. The van der Waals surface area contributed by atoms with Crippen LogP contribution in [0.15, 0.2) is 12.3 Å². The molecule has 1 atom stereocenters. The van der Waals surface area contributed by atoms with Crippen LogP contribution in [-0.4, -0.2) is 59.7 Å². The normalized spacial score (nSPS) is 19.1. The van der Waals surface area contributed by atoms with Crippen molar-refractivity contribution >= 4 is 11.6 Å². The molecule has 2 rings (SSSR count). The molecule has 1 amide bonds. The molecular formula is C12H18N4O4. The summed E-state index contributed by atoms with van der Waals surface area (Å²) >= 11 is 0. The fraction of sp³-hybridized carbons (Fsp3) is 0.583. The van der Waals surface area contributed by atoms with Crippen molar-refractivity contribution in [2.75, 3.05) is 33.3 Å². The molecule has 110 valence electrons. The van der Waals surface area contributed by atoms with Gasteiger partial charge in [-0.05, 0) is 7.05 Å². The van der Waals surface area contributed by atoms with Crippen LogP contribution in [0, 0.1) is 10.1 Å². The van der Waals surface area contributed by atoms with Crippen molar-refractivity contribution in [1.29, 1.82) is 0 Å². The van der Waals surface area contributed by atoms with Crippen molar-refractivity contribution in [3.8, 4) is 0 Å². The Morgan fingerprint density at radius 1 is 1.65 bits per heavy atom. The van der Waals surface area contributed by atoms with Crippen LogP contribution in [0.4, 0.5) is 5.69 Å². The minimum atomic E-state index is -0.500. The molecule has 0 bridgehead atoms. The van der Waals surface area contributed by atoms with Crippen LogP contribution in [0.5, 0.6) is 0 Å². The van der Waals surface area contributed by atoms with E-state index in [1.54, 1.807) is 11.9 Å². The average Bonchev–Trinajstić information content (AvgIpc) is 2.81. The number of aryl methyl sites for hydroxylation is 1. The number of carbonyl (C=O) groups excluding carboxylic acids is 1. The maximum Gasteiger partial charge on any atom is 0.287 e. The number of nitrogens with zero attached hydrogens (tertiary/aromatic N) is 3. The summed E-state index contributed by atoms with van der Waals surface area (Å²) in [5.74, 6) is -0.204. The largest absolute Gasteiger partial charge is 0.373 e. The van der Waals surface area contributed by atoms with Crippen LogP contribution in [0.3, 0.4) is 0 Å². The van der Waals surface area contributed by atoms with E-state index in [1.165, 1.54) is 16.8 Å². The molecular weight excluding hydrogens is 264 g/mol. The van der Waals surface area contributed by atoms with Crippen molar-refractivity contribution in [2.45, 2.75) is 6.10 Å². The topological polar surface area (TPSA) is 89.6 Å². The minimum Gasteiger partial charge on any atom is -0.373 e. The summed E-state index contributed by atoms with van der Waals surface area (Å²) in [5.41, 5.74) is 0.248. The predicted molar refractivity (Wildman–Crippen MR) is 71.6 cm³/mol. The van der Waals surface area contributed by atoms with Gasteiger partial charge in [-0.2, -0.15) is 0 Å². The van der Waals surface area contributed by atoms with Gasteiger partial charge in [-0.3, -0.25) is 14.9 Å². The standard InChI is InChI=1S/C12H18N4O4/c1-13-6-10-8-15(3-4-20-10)12(17)11-5-9(16(18)19)7-14(11)2/h5,7,10,13H,3-4,6,8H2,1-2H3. The molecule has 0 aromatic carbocycles. The molecule has 1 aromatic rings. The van der Waals surface area contributed by atoms with Crippen LogP contribution in [0.25, 0.3) is 0 Å². The van der Waals surface area contributed by atoms with E-state index in [0.29, 0.717) is 31.9 Å². The molecule has 1 fully saturated rings. The highest BCUT2D eigenvalue weighted by Crippen LogP contribution is 2.18.